The fourth-order valence-electron chi connectivity index (χ4n) is 1.99. The summed E-state index contributed by atoms with van der Waals surface area (Å²) in [6.45, 7) is 5.14. The first-order valence-electron chi connectivity index (χ1n) is 6.92. The molecule has 0 fully saturated rings. The average Bonchev–Trinajstić information content (AvgIpc) is 2.46. The molecule has 4 heteroatoms. The number of anilines is 2. The van der Waals surface area contributed by atoms with Gasteiger partial charge in [0, 0.05) is 11.6 Å². The smallest absolute Gasteiger partial charge is 0.128 e. The van der Waals surface area contributed by atoms with Crippen molar-refractivity contribution in [3.63, 3.8) is 0 Å². The molecule has 2 rings (SSSR count). The Morgan fingerprint density at radius 2 is 1.85 bits per heavy atom. The van der Waals surface area contributed by atoms with Crippen LogP contribution in [0.4, 0.5) is 11.6 Å². The molecular formula is C16H20ClN3. The molecule has 0 spiro atoms. The molecule has 0 bridgehead atoms. The van der Waals surface area contributed by atoms with Crippen LogP contribution in [0.3, 0.4) is 0 Å². The molecule has 2 aromatic rings. The molecule has 1 aromatic heterocycles. The third-order valence-electron chi connectivity index (χ3n) is 3.04. The van der Waals surface area contributed by atoms with E-state index in [0.29, 0.717) is 0 Å². The Hall–Kier alpha value is -1.74. The van der Waals surface area contributed by atoms with Crippen LogP contribution in [0.2, 0.25) is 5.02 Å². The van der Waals surface area contributed by atoms with E-state index in [4.69, 9.17) is 11.6 Å². The van der Waals surface area contributed by atoms with E-state index in [9.17, 15) is 0 Å². The molecule has 20 heavy (non-hydrogen) atoms. The van der Waals surface area contributed by atoms with E-state index in [1.54, 1.807) is 0 Å². The summed E-state index contributed by atoms with van der Waals surface area (Å²) in [5.41, 5.74) is 1.07. The summed E-state index contributed by atoms with van der Waals surface area (Å²) in [5.74, 6) is 1.74. The predicted molar refractivity (Wildman–Crippen MR) is 86.5 cm³/mol. The van der Waals surface area contributed by atoms with E-state index in [2.05, 4.69) is 29.5 Å². The van der Waals surface area contributed by atoms with Crippen LogP contribution in [0.15, 0.2) is 42.5 Å². The molecule has 106 valence electrons. The van der Waals surface area contributed by atoms with Gasteiger partial charge >= 0.3 is 0 Å². The second kappa shape index (κ2) is 7.15. The molecule has 0 amide bonds. The standard InChI is InChI=1S/C16H20ClN3/c1-3-11-18-15-9-6-10-16(20-15)19-12(2)13-7-4-5-8-14(13)17/h4-10,12H,3,11H2,1-2H3,(H2,18,19,20). The van der Waals surface area contributed by atoms with Gasteiger partial charge in [0.1, 0.15) is 11.6 Å². The van der Waals surface area contributed by atoms with Crippen LogP contribution in [0, 0.1) is 0 Å². The second-order valence-electron chi connectivity index (χ2n) is 4.72. The van der Waals surface area contributed by atoms with E-state index in [-0.39, 0.29) is 6.04 Å². The normalized spacial score (nSPS) is 11.9. The van der Waals surface area contributed by atoms with Crippen LogP contribution in [-0.4, -0.2) is 11.5 Å². The molecule has 0 radical (unpaired) electrons. The molecule has 0 aliphatic heterocycles. The first-order chi connectivity index (χ1) is 9.70. The van der Waals surface area contributed by atoms with E-state index in [1.807, 2.05) is 42.5 Å². The summed E-state index contributed by atoms with van der Waals surface area (Å²) < 4.78 is 0. The van der Waals surface area contributed by atoms with Crippen molar-refractivity contribution in [1.82, 2.24) is 4.98 Å². The highest BCUT2D eigenvalue weighted by Crippen LogP contribution is 2.25. The highest BCUT2D eigenvalue weighted by molar-refractivity contribution is 6.31. The van der Waals surface area contributed by atoms with E-state index >= 15 is 0 Å². The zero-order valence-corrected chi connectivity index (χ0v) is 12.6. The SMILES string of the molecule is CCCNc1cccc(NC(C)c2ccccc2Cl)n1. The number of hydrogen-bond acceptors (Lipinski definition) is 3. The molecule has 1 aromatic carbocycles. The maximum absolute atomic E-state index is 6.21. The monoisotopic (exact) mass is 289 g/mol. The summed E-state index contributed by atoms with van der Waals surface area (Å²) in [6.07, 6.45) is 1.08. The van der Waals surface area contributed by atoms with Gasteiger partial charge in [0.05, 0.1) is 6.04 Å². The topological polar surface area (TPSA) is 37.0 Å². The lowest BCUT2D eigenvalue weighted by molar-refractivity contribution is 0.874. The molecule has 0 aliphatic carbocycles. The minimum Gasteiger partial charge on any atom is -0.370 e. The average molecular weight is 290 g/mol. The van der Waals surface area contributed by atoms with E-state index < -0.39 is 0 Å². The fraction of sp³-hybridized carbons (Fsp3) is 0.312. The molecule has 0 aliphatic rings. The Morgan fingerprint density at radius 3 is 2.60 bits per heavy atom. The summed E-state index contributed by atoms with van der Waals surface area (Å²) in [5, 5.41) is 7.43. The van der Waals surface area contributed by atoms with Crippen molar-refractivity contribution >= 4 is 23.2 Å². The van der Waals surface area contributed by atoms with Crippen LogP contribution in [0.5, 0.6) is 0 Å². The maximum Gasteiger partial charge on any atom is 0.128 e. The molecule has 1 unspecified atom stereocenters. The van der Waals surface area contributed by atoms with Crippen molar-refractivity contribution in [2.75, 3.05) is 17.2 Å². The van der Waals surface area contributed by atoms with Crippen LogP contribution in [-0.2, 0) is 0 Å². The van der Waals surface area contributed by atoms with Gasteiger partial charge in [-0.3, -0.25) is 0 Å². The highest BCUT2D eigenvalue weighted by Gasteiger charge is 2.09. The Bertz CT molecular complexity index is 557. The Morgan fingerprint density at radius 1 is 1.10 bits per heavy atom. The summed E-state index contributed by atoms with van der Waals surface area (Å²) in [6, 6.07) is 13.9. The number of nitrogens with one attached hydrogen (secondary N) is 2. The summed E-state index contributed by atoms with van der Waals surface area (Å²) in [7, 11) is 0. The third kappa shape index (κ3) is 3.87. The zero-order chi connectivity index (χ0) is 14.4. The van der Waals surface area contributed by atoms with Crippen LogP contribution in [0.1, 0.15) is 31.9 Å². The first-order valence-corrected chi connectivity index (χ1v) is 7.30. The van der Waals surface area contributed by atoms with Crippen LogP contribution in [0.25, 0.3) is 0 Å². The van der Waals surface area contributed by atoms with Crippen LogP contribution < -0.4 is 10.6 Å². The summed E-state index contributed by atoms with van der Waals surface area (Å²) >= 11 is 6.21. The number of pyridine rings is 1. The van der Waals surface area contributed by atoms with Crippen molar-refractivity contribution in [2.45, 2.75) is 26.3 Å². The van der Waals surface area contributed by atoms with Crippen molar-refractivity contribution in [1.29, 1.82) is 0 Å². The lowest BCUT2D eigenvalue weighted by Gasteiger charge is -2.17. The molecule has 3 nitrogen and oxygen atoms in total. The van der Waals surface area contributed by atoms with E-state index in [1.165, 1.54) is 0 Å². The molecule has 0 saturated heterocycles. The van der Waals surface area contributed by atoms with Gasteiger partial charge in [-0.2, -0.15) is 0 Å². The fourth-order valence-corrected chi connectivity index (χ4v) is 2.29. The van der Waals surface area contributed by atoms with Crippen molar-refractivity contribution < 1.29 is 0 Å². The van der Waals surface area contributed by atoms with Gasteiger partial charge in [0.2, 0.25) is 0 Å². The lowest BCUT2D eigenvalue weighted by Crippen LogP contribution is -2.09. The number of nitrogens with zero attached hydrogens (tertiary/aromatic N) is 1. The maximum atomic E-state index is 6.21. The zero-order valence-electron chi connectivity index (χ0n) is 11.9. The van der Waals surface area contributed by atoms with Crippen LogP contribution >= 0.6 is 11.6 Å². The molecule has 1 atom stereocenters. The highest BCUT2D eigenvalue weighted by atomic mass is 35.5. The quantitative estimate of drug-likeness (QED) is 0.807. The number of aromatic nitrogens is 1. The molecule has 2 N–H and O–H groups in total. The number of halogens is 1. The number of rotatable bonds is 6. The van der Waals surface area contributed by atoms with Gasteiger partial charge in [-0.25, -0.2) is 4.98 Å². The molecule has 0 saturated carbocycles. The minimum absolute atomic E-state index is 0.109. The van der Waals surface area contributed by atoms with Gasteiger partial charge in [-0.05, 0) is 37.1 Å². The molecular weight excluding hydrogens is 270 g/mol. The first kappa shape index (κ1) is 14.7. The molecule has 1 heterocycles. The summed E-state index contributed by atoms with van der Waals surface area (Å²) in [4.78, 5) is 4.54. The van der Waals surface area contributed by atoms with Crippen molar-refractivity contribution in [3.05, 3.63) is 53.1 Å². The predicted octanol–water partition coefficient (Wildman–Crippen LogP) is 4.73. The Balaban J connectivity index is 2.08. The van der Waals surface area contributed by atoms with Crippen molar-refractivity contribution in [3.8, 4) is 0 Å². The van der Waals surface area contributed by atoms with Gasteiger partial charge < -0.3 is 10.6 Å². The van der Waals surface area contributed by atoms with E-state index in [0.717, 1.165) is 35.2 Å². The number of hydrogen-bond donors (Lipinski definition) is 2. The second-order valence-corrected chi connectivity index (χ2v) is 5.13. The number of benzene rings is 1. The van der Waals surface area contributed by atoms with Gasteiger partial charge in [0.15, 0.2) is 0 Å². The largest absolute Gasteiger partial charge is 0.370 e. The minimum atomic E-state index is 0.109. The van der Waals surface area contributed by atoms with Gasteiger partial charge in [-0.15, -0.1) is 0 Å². The Kier molecular flexibility index (Phi) is 5.24. The third-order valence-corrected chi connectivity index (χ3v) is 3.39. The lowest BCUT2D eigenvalue weighted by atomic mass is 10.1. The van der Waals surface area contributed by atoms with Crippen molar-refractivity contribution in [2.24, 2.45) is 0 Å². The van der Waals surface area contributed by atoms with Gasteiger partial charge in [0.25, 0.3) is 0 Å². The Labute approximate surface area is 125 Å². The van der Waals surface area contributed by atoms with Gasteiger partial charge in [-0.1, -0.05) is 42.8 Å².